The molecule has 0 saturated heterocycles. The van der Waals surface area contributed by atoms with E-state index in [1.165, 1.54) is 4.90 Å². The molecule has 0 aliphatic carbocycles. The molecule has 0 aromatic heterocycles. The predicted molar refractivity (Wildman–Crippen MR) is 126 cm³/mol. The first kappa shape index (κ1) is 25.0. The van der Waals surface area contributed by atoms with Crippen molar-refractivity contribution < 1.29 is 14.3 Å². The number of carbonyl (C=O) groups excluding carboxylic acids is 2. The summed E-state index contributed by atoms with van der Waals surface area (Å²) in [4.78, 5) is 27.3. The second kappa shape index (κ2) is 11.4. The molecular weight excluding hydrogens is 435 g/mol. The van der Waals surface area contributed by atoms with Crippen LogP contribution in [0.25, 0.3) is 0 Å². The SMILES string of the molecule is Cc1cc(C)cc(OCC(=O)N(Cc2ccc(Cl)c(Cl)c2)[C@@H](C)C(=O)NCC(C)C)c1. The van der Waals surface area contributed by atoms with Crippen molar-refractivity contribution in [3.8, 4) is 5.75 Å². The molecule has 2 rings (SSSR count). The highest BCUT2D eigenvalue weighted by molar-refractivity contribution is 6.42. The largest absolute Gasteiger partial charge is 0.484 e. The number of aryl methyl sites for hydroxylation is 2. The molecule has 0 heterocycles. The highest BCUT2D eigenvalue weighted by Gasteiger charge is 2.26. The molecule has 0 bridgehead atoms. The Morgan fingerprint density at radius 3 is 2.23 bits per heavy atom. The lowest BCUT2D eigenvalue weighted by Crippen LogP contribution is -2.49. The predicted octanol–water partition coefficient (Wildman–Crippen LogP) is 5.18. The molecule has 168 valence electrons. The average Bonchev–Trinajstić information content (AvgIpc) is 2.69. The summed E-state index contributed by atoms with van der Waals surface area (Å²) >= 11 is 12.1. The molecule has 1 N–H and O–H groups in total. The zero-order valence-electron chi connectivity index (χ0n) is 18.7. The molecule has 0 fully saturated rings. The smallest absolute Gasteiger partial charge is 0.261 e. The van der Waals surface area contributed by atoms with Gasteiger partial charge in [-0.15, -0.1) is 0 Å². The van der Waals surface area contributed by atoms with E-state index in [2.05, 4.69) is 5.32 Å². The first-order valence-electron chi connectivity index (χ1n) is 10.3. The van der Waals surface area contributed by atoms with Gasteiger partial charge < -0.3 is 15.0 Å². The van der Waals surface area contributed by atoms with Gasteiger partial charge in [-0.1, -0.05) is 49.2 Å². The van der Waals surface area contributed by atoms with Gasteiger partial charge in [0.25, 0.3) is 5.91 Å². The molecule has 2 aromatic rings. The van der Waals surface area contributed by atoms with E-state index in [-0.39, 0.29) is 25.0 Å². The summed E-state index contributed by atoms with van der Waals surface area (Å²) in [5.74, 6) is 0.423. The van der Waals surface area contributed by atoms with Gasteiger partial charge in [0.1, 0.15) is 11.8 Å². The standard InChI is InChI=1S/C24H30Cl2N2O3/c1-15(2)12-27-24(30)18(5)28(13-19-6-7-21(25)22(26)11-19)23(29)14-31-20-9-16(3)8-17(4)10-20/h6-11,15,18H,12-14H2,1-5H3,(H,27,30)/t18-/m0/s1. The number of ether oxygens (including phenoxy) is 1. The summed E-state index contributed by atoms with van der Waals surface area (Å²) in [6.45, 7) is 10.3. The van der Waals surface area contributed by atoms with E-state index < -0.39 is 6.04 Å². The maximum atomic E-state index is 13.1. The van der Waals surface area contributed by atoms with Crippen LogP contribution in [0, 0.1) is 19.8 Å². The van der Waals surface area contributed by atoms with E-state index in [1.54, 1.807) is 25.1 Å². The summed E-state index contributed by atoms with van der Waals surface area (Å²) in [5.41, 5.74) is 2.88. The van der Waals surface area contributed by atoms with Crippen molar-refractivity contribution in [3.05, 3.63) is 63.1 Å². The molecule has 5 nitrogen and oxygen atoms in total. The zero-order chi connectivity index (χ0) is 23.1. The van der Waals surface area contributed by atoms with Crippen molar-refractivity contribution >= 4 is 35.0 Å². The molecule has 1 atom stereocenters. The van der Waals surface area contributed by atoms with Crippen molar-refractivity contribution in [2.75, 3.05) is 13.2 Å². The molecule has 31 heavy (non-hydrogen) atoms. The van der Waals surface area contributed by atoms with Crippen molar-refractivity contribution in [2.45, 2.75) is 47.2 Å². The Morgan fingerprint density at radius 2 is 1.65 bits per heavy atom. The summed E-state index contributed by atoms with van der Waals surface area (Å²) in [5, 5.41) is 3.72. The van der Waals surface area contributed by atoms with Crippen LogP contribution in [0.4, 0.5) is 0 Å². The number of benzene rings is 2. The van der Waals surface area contributed by atoms with E-state index in [1.807, 2.05) is 45.9 Å². The Balaban J connectivity index is 2.18. The van der Waals surface area contributed by atoms with Gasteiger partial charge in [0.15, 0.2) is 6.61 Å². The van der Waals surface area contributed by atoms with Crippen LogP contribution in [0.1, 0.15) is 37.5 Å². The molecule has 7 heteroatoms. The summed E-state index contributed by atoms with van der Waals surface area (Å²) in [6.07, 6.45) is 0. The highest BCUT2D eigenvalue weighted by Crippen LogP contribution is 2.24. The van der Waals surface area contributed by atoms with Gasteiger partial charge in [0, 0.05) is 13.1 Å². The fourth-order valence-corrected chi connectivity index (χ4v) is 3.43. The zero-order valence-corrected chi connectivity index (χ0v) is 20.2. The van der Waals surface area contributed by atoms with E-state index in [0.29, 0.717) is 28.3 Å². The average molecular weight is 465 g/mol. The number of halogens is 2. The second-order valence-electron chi connectivity index (χ2n) is 8.20. The third-order valence-corrected chi connectivity index (χ3v) is 5.49. The maximum Gasteiger partial charge on any atom is 0.261 e. The van der Waals surface area contributed by atoms with Gasteiger partial charge in [0.2, 0.25) is 5.91 Å². The molecule has 0 aliphatic heterocycles. The van der Waals surface area contributed by atoms with Gasteiger partial charge >= 0.3 is 0 Å². The van der Waals surface area contributed by atoms with E-state index >= 15 is 0 Å². The number of rotatable bonds is 9. The lowest BCUT2D eigenvalue weighted by atomic mass is 10.1. The first-order valence-corrected chi connectivity index (χ1v) is 11.0. The fraction of sp³-hybridized carbons (Fsp3) is 0.417. The van der Waals surface area contributed by atoms with Crippen molar-refractivity contribution in [2.24, 2.45) is 5.92 Å². The summed E-state index contributed by atoms with van der Waals surface area (Å²) < 4.78 is 5.75. The number of hydrogen-bond donors (Lipinski definition) is 1. The summed E-state index contributed by atoms with van der Waals surface area (Å²) in [6, 6.07) is 10.3. The number of nitrogens with one attached hydrogen (secondary N) is 1. The van der Waals surface area contributed by atoms with E-state index in [0.717, 1.165) is 16.7 Å². The molecule has 0 unspecified atom stereocenters. The number of amides is 2. The quantitative estimate of drug-likeness (QED) is 0.555. The third kappa shape index (κ3) is 7.75. The Hall–Kier alpha value is -2.24. The summed E-state index contributed by atoms with van der Waals surface area (Å²) in [7, 11) is 0. The number of carbonyl (C=O) groups is 2. The van der Waals surface area contributed by atoms with Gasteiger partial charge in [-0.2, -0.15) is 0 Å². The van der Waals surface area contributed by atoms with Crippen LogP contribution < -0.4 is 10.1 Å². The normalized spacial score (nSPS) is 11.9. The van der Waals surface area contributed by atoms with Crippen LogP contribution >= 0.6 is 23.2 Å². The van der Waals surface area contributed by atoms with Crippen LogP contribution in [0.15, 0.2) is 36.4 Å². The van der Waals surface area contributed by atoms with Gasteiger partial charge in [-0.3, -0.25) is 9.59 Å². The number of nitrogens with zero attached hydrogens (tertiary/aromatic N) is 1. The van der Waals surface area contributed by atoms with Crippen LogP contribution in [0.3, 0.4) is 0 Å². The minimum absolute atomic E-state index is 0.175. The maximum absolute atomic E-state index is 13.1. The Kier molecular flexibility index (Phi) is 9.20. The molecular formula is C24H30Cl2N2O3. The Morgan fingerprint density at radius 1 is 1.00 bits per heavy atom. The van der Waals surface area contributed by atoms with Crippen LogP contribution in [-0.4, -0.2) is 35.9 Å². The van der Waals surface area contributed by atoms with Crippen LogP contribution in [0.5, 0.6) is 5.75 Å². The molecule has 0 radical (unpaired) electrons. The topological polar surface area (TPSA) is 58.6 Å². The minimum Gasteiger partial charge on any atom is -0.484 e. The highest BCUT2D eigenvalue weighted by atomic mass is 35.5. The van der Waals surface area contributed by atoms with Crippen molar-refractivity contribution in [1.29, 1.82) is 0 Å². The van der Waals surface area contributed by atoms with E-state index in [4.69, 9.17) is 27.9 Å². The van der Waals surface area contributed by atoms with Crippen molar-refractivity contribution in [3.63, 3.8) is 0 Å². The first-order chi connectivity index (χ1) is 14.6. The van der Waals surface area contributed by atoms with Crippen molar-refractivity contribution in [1.82, 2.24) is 10.2 Å². The molecule has 0 aliphatic rings. The molecule has 2 amide bonds. The molecule has 0 saturated carbocycles. The van der Waals surface area contributed by atoms with Gasteiger partial charge in [-0.25, -0.2) is 0 Å². The van der Waals surface area contributed by atoms with Gasteiger partial charge in [0.05, 0.1) is 10.0 Å². The molecule has 2 aromatic carbocycles. The Bertz CT molecular complexity index is 911. The minimum atomic E-state index is -0.677. The number of hydrogen-bond acceptors (Lipinski definition) is 3. The second-order valence-corrected chi connectivity index (χ2v) is 9.01. The lowest BCUT2D eigenvalue weighted by Gasteiger charge is -2.29. The van der Waals surface area contributed by atoms with Crippen LogP contribution in [0.2, 0.25) is 10.0 Å². The lowest BCUT2D eigenvalue weighted by molar-refractivity contribution is -0.142. The monoisotopic (exact) mass is 464 g/mol. The van der Waals surface area contributed by atoms with E-state index in [9.17, 15) is 9.59 Å². The third-order valence-electron chi connectivity index (χ3n) is 4.75. The van der Waals surface area contributed by atoms with Gasteiger partial charge in [-0.05, 0) is 67.6 Å². The van der Waals surface area contributed by atoms with Crippen LogP contribution in [-0.2, 0) is 16.1 Å². The fourth-order valence-electron chi connectivity index (χ4n) is 3.11. The Labute approximate surface area is 194 Å². The molecule has 0 spiro atoms.